The third-order valence-corrected chi connectivity index (χ3v) is 5.88. The molecule has 1 N–H and O–H groups in total. The van der Waals surface area contributed by atoms with Gasteiger partial charge in [-0.15, -0.1) is 0 Å². The zero-order valence-corrected chi connectivity index (χ0v) is 14.4. The minimum Gasteiger partial charge on any atom is -0.505 e. The summed E-state index contributed by atoms with van der Waals surface area (Å²) in [4.78, 5) is 24.2. The quantitative estimate of drug-likeness (QED) is 0.507. The molecule has 25 heavy (non-hydrogen) atoms. The number of fused-ring (bicyclic) bond motifs is 1. The molecule has 2 aromatic carbocycles. The van der Waals surface area contributed by atoms with Gasteiger partial charge < -0.3 is 5.11 Å². The molecule has 0 atom stereocenters. The Morgan fingerprint density at radius 2 is 1.68 bits per heavy atom. The van der Waals surface area contributed by atoms with E-state index in [0.29, 0.717) is 5.56 Å². The number of aliphatic hydroxyl groups is 1. The predicted octanol–water partition coefficient (Wildman–Crippen LogP) is 2.63. The lowest BCUT2D eigenvalue weighted by Gasteiger charge is -2.28. The number of carbonyl (C=O) groups is 2. The molecule has 7 heteroatoms. The van der Waals surface area contributed by atoms with Crippen LogP contribution >= 0.6 is 0 Å². The van der Waals surface area contributed by atoms with Crippen LogP contribution in [-0.4, -0.2) is 36.4 Å². The van der Waals surface area contributed by atoms with Gasteiger partial charge >= 0.3 is 0 Å². The zero-order chi connectivity index (χ0) is 18.4. The van der Waals surface area contributed by atoms with Crippen LogP contribution in [0.5, 0.6) is 0 Å². The van der Waals surface area contributed by atoms with Crippen molar-refractivity contribution in [3.05, 3.63) is 70.9 Å². The van der Waals surface area contributed by atoms with E-state index in [9.17, 15) is 23.1 Å². The molecular weight excluding hydrogens is 342 g/mol. The average molecular weight is 357 g/mol. The fourth-order valence-corrected chi connectivity index (χ4v) is 4.09. The Kier molecular flexibility index (Phi) is 3.96. The Morgan fingerprint density at radius 1 is 1.04 bits per heavy atom. The minimum absolute atomic E-state index is 0.00451. The van der Waals surface area contributed by atoms with Crippen molar-refractivity contribution in [2.24, 2.45) is 0 Å². The van der Waals surface area contributed by atoms with E-state index in [4.69, 9.17) is 0 Å². The Labute approximate surface area is 145 Å². The van der Waals surface area contributed by atoms with Crippen LogP contribution in [0.15, 0.2) is 59.1 Å². The monoisotopic (exact) mass is 357 g/mol. The molecule has 1 heterocycles. The van der Waals surface area contributed by atoms with Gasteiger partial charge in [0.15, 0.2) is 11.5 Å². The number of carbonyl (C=O) groups excluding carboxylic acids is 2. The van der Waals surface area contributed by atoms with Crippen molar-refractivity contribution in [1.29, 1.82) is 0 Å². The first-order valence-corrected chi connectivity index (χ1v) is 8.86. The summed E-state index contributed by atoms with van der Waals surface area (Å²) in [5.41, 5.74) is 0.195. The van der Waals surface area contributed by atoms with Crippen molar-refractivity contribution in [2.75, 3.05) is 7.05 Å². The van der Waals surface area contributed by atoms with E-state index in [0.717, 1.165) is 4.31 Å². The normalized spacial score (nSPS) is 17.8. The molecule has 0 radical (unpaired) electrons. The maximum atomic E-state index is 12.8. The summed E-state index contributed by atoms with van der Waals surface area (Å²) in [7, 11) is -2.74. The highest BCUT2D eigenvalue weighted by atomic mass is 32.2. The number of nitrogens with zero attached hydrogens (tertiary/aromatic N) is 1. The van der Waals surface area contributed by atoms with E-state index in [-0.39, 0.29) is 27.5 Å². The van der Waals surface area contributed by atoms with Crippen molar-refractivity contribution in [1.82, 2.24) is 4.31 Å². The van der Waals surface area contributed by atoms with Gasteiger partial charge in [-0.05, 0) is 25.1 Å². The van der Waals surface area contributed by atoms with Gasteiger partial charge in [0.1, 0.15) is 5.70 Å². The molecule has 0 bridgehead atoms. The van der Waals surface area contributed by atoms with Crippen LogP contribution in [0.4, 0.5) is 0 Å². The van der Waals surface area contributed by atoms with Gasteiger partial charge in [0.25, 0.3) is 10.0 Å². The highest BCUT2D eigenvalue weighted by molar-refractivity contribution is 7.89. The number of hydrogen-bond donors (Lipinski definition) is 1. The molecule has 1 aliphatic rings. The number of rotatable bonds is 2. The fraction of sp³-hybridized carbons (Fsp3) is 0.111. The highest BCUT2D eigenvalue weighted by Gasteiger charge is 2.39. The molecule has 0 spiro atoms. The average Bonchev–Trinajstić information content (AvgIpc) is 2.60. The second-order valence-electron chi connectivity index (χ2n) is 5.63. The number of allylic oxidation sites excluding steroid dienone is 1. The highest BCUT2D eigenvalue weighted by Crippen LogP contribution is 2.34. The summed E-state index contributed by atoms with van der Waals surface area (Å²) in [5.74, 6) is -1.30. The number of hydrogen-bond acceptors (Lipinski definition) is 5. The minimum atomic E-state index is -3.95. The molecule has 0 aliphatic carbocycles. The van der Waals surface area contributed by atoms with Crippen LogP contribution in [0.3, 0.4) is 0 Å². The Bertz CT molecular complexity index is 1040. The van der Waals surface area contributed by atoms with E-state index in [1.165, 1.54) is 44.3 Å². The van der Waals surface area contributed by atoms with Crippen molar-refractivity contribution >= 4 is 27.3 Å². The second-order valence-corrected chi connectivity index (χ2v) is 7.57. The molecular formula is C18H15NO5S. The van der Waals surface area contributed by atoms with Gasteiger partial charge in [0.2, 0.25) is 5.78 Å². The first-order chi connectivity index (χ1) is 11.7. The van der Waals surface area contributed by atoms with Gasteiger partial charge in [0, 0.05) is 23.7 Å². The van der Waals surface area contributed by atoms with Crippen LogP contribution in [0.1, 0.15) is 33.2 Å². The van der Waals surface area contributed by atoms with E-state index >= 15 is 0 Å². The van der Waals surface area contributed by atoms with E-state index < -0.39 is 21.6 Å². The molecule has 0 saturated carbocycles. The van der Waals surface area contributed by atoms with E-state index in [2.05, 4.69) is 0 Å². The summed E-state index contributed by atoms with van der Waals surface area (Å²) >= 11 is 0. The molecule has 2 aromatic rings. The maximum absolute atomic E-state index is 12.8. The predicted molar refractivity (Wildman–Crippen MR) is 91.7 cm³/mol. The van der Waals surface area contributed by atoms with Gasteiger partial charge in [-0.3, -0.25) is 13.9 Å². The summed E-state index contributed by atoms with van der Waals surface area (Å²) < 4.78 is 26.1. The second kappa shape index (κ2) is 5.86. The van der Waals surface area contributed by atoms with E-state index in [1.807, 2.05) is 0 Å². The zero-order valence-electron chi connectivity index (χ0n) is 13.6. The number of ketones is 2. The fourth-order valence-electron chi connectivity index (χ4n) is 2.70. The molecule has 0 aromatic heterocycles. The van der Waals surface area contributed by atoms with Crippen LogP contribution < -0.4 is 0 Å². The molecule has 1 aliphatic heterocycles. The maximum Gasteiger partial charge on any atom is 0.265 e. The molecule has 128 valence electrons. The first-order valence-electron chi connectivity index (χ1n) is 7.42. The third kappa shape index (κ3) is 2.62. The topological polar surface area (TPSA) is 91.7 Å². The summed E-state index contributed by atoms with van der Waals surface area (Å²) in [6.07, 6.45) is 0. The van der Waals surface area contributed by atoms with Crippen LogP contribution in [0, 0.1) is 0 Å². The standard InChI is InChI=1S/C18H15NO5S/c1-11(20)12-6-5-7-13(10-12)17(21)16-18(22)14-8-3-4-9-15(14)25(23,24)19(16)2/h3-10,21H,1-2H3/b17-16+. The molecule has 0 fully saturated rings. The van der Waals surface area contributed by atoms with Crippen molar-refractivity contribution in [2.45, 2.75) is 11.8 Å². The Balaban J connectivity index is 2.26. The van der Waals surface area contributed by atoms with Crippen molar-refractivity contribution in [3.8, 4) is 0 Å². The number of sulfonamides is 1. The van der Waals surface area contributed by atoms with Gasteiger partial charge in [-0.1, -0.05) is 30.3 Å². The first kappa shape index (κ1) is 16.9. The van der Waals surface area contributed by atoms with E-state index in [1.54, 1.807) is 18.2 Å². The molecule has 0 unspecified atom stereocenters. The molecule has 0 saturated heterocycles. The molecule has 0 amide bonds. The number of likely N-dealkylation sites (N-methyl/N-ethyl adjacent to an activating group) is 1. The van der Waals surface area contributed by atoms with Crippen LogP contribution in [-0.2, 0) is 10.0 Å². The Morgan fingerprint density at radius 3 is 2.36 bits per heavy atom. The third-order valence-electron chi connectivity index (χ3n) is 4.07. The molecule has 3 rings (SSSR count). The lowest BCUT2D eigenvalue weighted by Crippen LogP contribution is -2.37. The largest absolute Gasteiger partial charge is 0.505 e. The molecule has 6 nitrogen and oxygen atoms in total. The van der Waals surface area contributed by atoms with Crippen molar-refractivity contribution < 1.29 is 23.1 Å². The Hall–Kier alpha value is -2.93. The number of benzene rings is 2. The summed E-state index contributed by atoms with van der Waals surface area (Å²) in [6, 6.07) is 11.9. The van der Waals surface area contributed by atoms with Crippen LogP contribution in [0.25, 0.3) is 5.76 Å². The summed E-state index contributed by atoms with van der Waals surface area (Å²) in [6.45, 7) is 1.38. The summed E-state index contributed by atoms with van der Waals surface area (Å²) in [5, 5.41) is 10.6. The van der Waals surface area contributed by atoms with Crippen LogP contribution in [0.2, 0.25) is 0 Å². The lowest BCUT2D eigenvalue weighted by molar-refractivity contribution is 0.0999. The number of Topliss-reactive ketones (excluding diaryl/α,β-unsaturated/α-hetero) is 2. The van der Waals surface area contributed by atoms with Gasteiger partial charge in [-0.25, -0.2) is 8.42 Å². The SMILES string of the molecule is CC(=O)c1cccc(/C(O)=C2/C(=O)c3ccccc3S(=O)(=O)N2C)c1. The van der Waals surface area contributed by atoms with Gasteiger partial charge in [-0.2, -0.15) is 0 Å². The smallest absolute Gasteiger partial charge is 0.265 e. The lowest BCUT2D eigenvalue weighted by atomic mass is 10.0. The number of aliphatic hydroxyl groups excluding tert-OH is 1. The van der Waals surface area contributed by atoms with Gasteiger partial charge in [0.05, 0.1) is 4.90 Å². The van der Waals surface area contributed by atoms with Crippen molar-refractivity contribution in [3.63, 3.8) is 0 Å².